The lowest BCUT2D eigenvalue weighted by Gasteiger charge is -2.08. The highest BCUT2D eigenvalue weighted by atomic mass is 14.9. The second-order valence-corrected chi connectivity index (χ2v) is 3.89. The first kappa shape index (κ1) is 11.4. The summed E-state index contributed by atoms with van der Waals surface area (Å²) in [4.78, 5) is 8.32. The lowest BCUT2D eigenvalue weighted by atomic mass is 10.2. The van der Waals surface area contributed by atoms with E-state index in [1.54, 1.807) is 12.3 Å². The van der Waals surface area contributed by atoms with Gasteiger partial charge in [-0.25, -0.2) is 9.97 Å². The molecule has 0 unspecified atom stereocenters. The van der Waals surface area contributed by atoms with Crippen LogP contribution in [0.15, 0.2) is 36.5 Å². The van der Waals surface area contributed by atoms with Gasteiger partial charge in [0.25, 0.3) is 0 Å². The van der Waals surface area contributed by atoms with E-state index >= 15 is 0 Å². The van der Waals surface area contributed by atoms with Gasteiger partial charge in [0.1, 0.15) is 11.6 Å². The third-order valence-electron chi connectivity index (χ3n) is 2.54. The number of aryl methyl sites for hydroxylation is 1. The summed E-state index contributed by atoms with van der Waals surface area (Å²) in [6.45, 7) is 2.88. The average Bonchev–Trinajstić information content (AvgIpc) is 2.32. The molecule has 0 radical (unpaired) electrons. The Hall–Kier alpha value is -2.10. The van der Waals surface area contributed by atoms with Crippen LogP contribution in [0.4, 0.5) is 11.5 Å². The van der Waals surface area contributed by atoms with Crippen molar-refractivity contribution in [2.45, 2.75) is 13.3 Å². The lowest BCUT2D eigenvalue weighted by molar-refractivity contribution is 0.897. The second-order valence-electron chi connectivity index (χ2n) is 3.89. The van der Waals surface area contributed by atoms with Crippen LogP contribution < -0.4 is 11.1 Å². The van der Waals surface area contributed by atoms with Gasteiger partial charge in [-0.1, -0.05) is 18.2 Å². The fourth-order valence-electron chi connectivity index (χ4n) is 1.62. The van der Waals surface area contributed by atoms with Crippen molar-refractivity contribution in [1.29, 1.82) is 0 Å². The molecule has 2 aromatic rings. The van der Waals surface area contributed by atoms with Crippen LogP contribution in [0.2, 0.25) is 0 Å². The number of nitrogens with one attached hydrogen (secondary N) is 1. The van der Waals surface area contributed by atoms with Crippen molar-refractivity contribution in [3.8, 4) is 0 Å². The van der Waals surface area contributed by atoms with Crippen LogP contribution in [0.25, 0.3) is 0 Å². The van der Waals surface area contributed by atoms with Gasteiger partial charge in [0.2, 0.25) is 0 Å². The number of hydrogen-bond acceptors (Lipinski definition) is 4. The molecule has 0 amide bonds. The summed E-state index contributed by atoms with van der Waals surface area (Å²) in [7, 11) is 0. The summed E-state index contributed by atoms with van der Waals surface area (Å²) in [5, 5.41) is 3.36. The molecule has 88 valence electrons. The minimum Gasteiger partial charge on any atom is -0.384 e. The van der Waals surface area contributed by atoms with Crippen LogP contribution in [-0.4, -0.2) is 16.5 Å². The molecular weight excluding hydrogens is 212 g/mol. The molecule has 0 aliphatic heterocycles. The Morgan fingerprint density at radius 3 is 2.82 bits per heavy atom. The minimum atomic E-state index is 0.519. The second kappa shape index (κ2) is 5.30. The molecule has 0 fully saturated rings. The highest BCUT2D eigenvalue weighted by Gasteiger charge is 1.98. The van der Waals surface area contributed by atoms with E-state index < -0.39 is 0 Å². The summed E-state index contributed by atoms with van der Waals surface area (Å²) < 4.78 is 0. The SMILES string of the molecule is Cc1ccccc1NCCc1nccc(N)n1. The highest BCUT2D eigenvalue weighted by molar-refractivity contribution is 5.50. The van der Waals surface area contributed by atoms with Crippen LogP contribution in [-0.2, 0) is 6.42 Å². The Labute approximate surface area is 101 Å². The lowest BCUT2D eigenvalue weighted by Crippen LogP contribution is -2.09. The molecule has 0 saturated carbocycles. The average molecular weight is 228 g/mol. The number of nitrogens with zero attached hydrogens (tertiary/aromatic N) is 2. The number of para-hydroxylation sites is 1. The van der Waals surface area contributed by atoms with Gasteiger partial charge in [0.15, 0.2) is 0 Å². The molecule has 0 aliphatic carbocycles. The highest BCUT2D eigenvalue weighted by Crippen LogP contribution is 2.12. The fraction of sp³-hybridized carbons (Fsp3) is 0.231. The van der Waals surface area contributed by atoms with Crippen molar-refractivity contribution in [2.75, 3.05) is 17.6 Å². The molecule has 0 atom stereocenters. The van der Waals surface area contributed by atoms with Gasteiger partial charge in [-0.3, -0.25) is 0 Å². The van der Waals surface area contributed by atoms with E-state index in [2.05, 4.69) is 34.3 Å². The van der Waals surface area contributed by atoms with Gasteiger partial charge in [-0.05, 0) is 24.6 Å². The number of benzene rings is 1. The largest absolute Gasteiger partial charge is 0.384 e. The predicted octanol–water partition coefficient (Wildman–Crippen LogP) is 2.02. The maximum absolute atomic E-state index is 5.59. The normalized spacial score (nSPS) is 10.2. The molecule has 0 saturated heterocycles. The Bertz CT molecular complexity index is 496. The van der Waals surface area contributed by atoms with Gasteiger partial charge in [0.05, 0.1) is 0 Å². The zero-order chi connectivity index (χ0) is 12.1. The number of anilines is 2. The van der Waals surface area contributed by atoms with Crippen LogP contribution in [0, 0.1) is 6.92 Å². The quantitative estimate of drug-likeness (QED) is 0.840. The number of aromatic nitrogens is 2. The van der Waals surface area contributed by atoms with Crippen LogP contribution >= 0.6 is 0 Å². The molecule has 0 spiro atoms. The van der Waals surface area contributed by atoms with Gasteiger partial charge in [0, 0.05) is 24.8 Å². The Kier molecular flexibility index (Phi) is 3.55. The van der Waals surface area contributed by atoms with Crippen LogP contribution in [0.3, 0.4) is 0 Å². The number of nitrogen functional groups attached to an aromatic ring is 1. The Morgan fingerprint density at radius 2 is 2.06 bits per heavy atom. The van der Waals surface area contributed by atoms with E-state index in [4.69, 9.17) is 5.73 Å². The summed E-state index contributed by atoms with van der Waals surface area (Å²) in [5.41, 5.74) is 7.98. The zero-order valence-electron chi connectivity index (χ0n) is 9.85. The Morgan fingerprint density at radius 1 is 1.24 bits per heavy atom. The summed E-state index contributed by atoms with van der Waals surface area (Å²) in [6, 6.07) is 9.89. The third-order valence-corrected chi connectivity index (χ3v) is 2.54. The smallest absolute Gasteiger partial charge is 0.132 e. The van der Waals surface area contributed by atoms with Crippen molar-refractivity contribution in [3.63, 3.8) is 0 Å². The number of hydrogen-bond donors (Lipinski definition) is 2. The molecule has 3 N–H and O–H groups in total. The molecule has 0 aliphatic rings. The maximum atomic E-state index is 5.59. The number of rotatable bonds is 4. The van der Waals surface area contributed by atoms with E-state index in [1.165, 1.54) is 5.56 Å². The monoisotopic (exact) mass is 228 g/mol. The third kappa shape index (κ3) is 3.17. The fourth-order valence-corrected chi connectivity index (χ4v) is 1.62. The molecule has 1 aromatic carbocycles. The van der Waals surface area contributed by atoms with Crippen molar-refractivity contribution in [1.82, 2.24) is 9.97 Å². The molecule has 4 heteroatoms. The minimum absolute atomic E-state index is 0.519. The predicted molar refractivity (Wildman–Crippen MR) is 69.8 cm³/mol. The van der Waals surface area contributed by atoms with E-state index in [9.17, 15) is 0 Å². The van der Waals surface area contributed by atoms with Gasteiger partial charge in [-0.15, -0.1) is 0 Å². The first-order valence-electron chi connectivity index (χ1n) is 5.62. The van der Waals surface area contributed by atoms with Crippen LogP contribution in [0.5, 0.6) is 0 Å². The topological polar surface area (TPSA) is 63.8 Å². The van der Waals surface area contributed by atoms with E-state index in [-0.39, 0.29) is 0 Å². The molecule has 4 nitrogen and oxygen atoms in total. The van der Waals surface area contributed by atoms with Gasteiger partial charge >= 0.3 is 0 Å². The Balaban J connectivity index is 1.90. The van der Waals surface area contributed by atoms with Gasteiger partial charge < -0.3 is 11.1 Å². The van der Waals surface area contributed by atoms with Crippen molar-refractivity contribution >= 4 is 11.5 Å². The summed E-state index contributed by atoms with van der Waals surface area (Å²) >= 11 is 0. The molecular formula is C13H16N4. The van der Waals surface area contributed by atoms with E-state index in [1.807, 2.05) is 12.1 Å². The maximum Gasteiger partial charge on any atom is 0.132 e. The number of nitrogens with two attached hydrogens (primary N) is 1. The van der Waals surface area contributed by atoms with Crippen LogP contribution in [0.1, 0.15) is 11.4 Å². The molecule has 1 heterocycles. The van der Waals surface area contributed by atoms with E-state index in [0.717, 1.165) is 24.5 Å². The van der Waals surface area contributed by atoms with Crippen molar-refractivity contribution in [3.05, 3.63) is 47.9 Å². The first-order valence-corrected chi connectivity index (χ1v) is 5.62. The standard InChI is InChI=1S/C13H16N4/c1-10-4-2-3-5-11(10)15-9-7-13-16-8-6-12(14)17-13/h2-6,8,15H,7,9H2,1H3,(H2,14,16,17). The summed E-state index contributed by atoms with van der Waals surface area (Å²) in [5.74, 6) is 1.29. The van der Waals surface area contributed by atoms with Gasteiger partial charge in [-0.2, -0.15) is 0 Å². The van der Waals surface area contributed by atoms with Crippen molar-refractivity contribution < 1.29 is 0 Å². The summed E-state index contributed by atoms with van der Waals surface area (Å²) in [6.07, 6.45) is 2.45. The molecule has 1 aromatic heterocycles. The molecule has 2 rings (SSSR count). The van der Waals surface area contributed by atoms with E-state index in [0.29, 0.717) is 5.82 Å². The first-order chi connectivity index (χ1) is 8.25. The molecule has 17 heavy (non-hydrogen) atoms. The molecule has 0 bridgehead atoms. The van der Waals surface area contributed by atoms with Crippen molar-refractivity contribution in [2.24, 2.45) is 0 Å². The zero-order valence-corrected chi connectivity index (χ0v) is 9.85.